The third kappa shape index (κ3) is 5.41. The Morgan fingerprint density at radius 2 is 1.70 bits per heavy atom. The number of hydrogen-bond acceptors (Lipinski definition) is 4. The minimum Gasteiger partial charge on any atom is -0.374 e. The zero-order valence-corrected chi connectivity index (χ0v) is 18.6. The quantitative estimate of drug-likeness (QED) is 0.583. The van der Waals surface area contributed by atoms with E-state index < -0.39 is 0 Å². The van der Waals surface area contributed by atoms with E-state index in [0.29, 0.717) is 24.4 Å². The summed E-state index contributed by atoms with van der Waals surface area (Å²) < 4.78 is 5.91. The molecule has 1 aliphatic heterocycles. The number of morpholine rings is 1. The van der Waals surface area contributed by atoms with E-state index in [4.69, 9.17) is 4.74 Å². The Morgan fingerprint density at radius 1 is 0.970 bits per heavy atom. The molecule has 6 nitrogen and oxygen atoms in total. The Morgan fingerprint density at radius 3 is 2.45 bits per heavy atom. The van der Waals surface area contributed by atoms with Gasteiger partial charge in [0.25, 0.3) is 5.91 Å². The average molecular weight is 444 g/mol. The molecular formula is C27H29N3O3. The lowest BCUT2D eigenvalue weighted by atomic mass is 10.0. The van der Waals surface area contributed by atoms with Gasteiger partial charge >= 0.3 is 0 Å². The number of nitrogens with zero attached hydrogens (tertiary/aromatic N) is 1. The summed E-state index contributed by atoms with van der Waals surface area (Å²) in [6.45, 7) is 3.58. The molecule has 0 aromatic heterocycles. The number of nitrogens with one attached hydrogen (secondary N) is 2. The van der Waals surface area contributed by atoms with Gasteiger partial charge in [0.15, 0.2) is 0 Å². The van der Waals surface area contributed by atoms with Crippen molar-refractivity contribution in [2.45, 2.75) is 25.5 Å². The highest BCUT2D eigenvalue weighted by atomic mass is 16.5. The van der Waals surface area contributed by atoms with Crippen LogP contribution in [0, 0.1) is 5.92 Å². The molecular weight excluding hydrogens is 414 g/mol. The van der Waals surface area contributed by atoms with Gasteiger partial charge in [-0.25, -0.2) is 0 Å². The first-order valence-corrected chi connectivity index (χ1v) is 11.7. The lowest BCUT2D eigenvalue weighted by Gasteiger charge is -2.33. The minimum atomic E-state index is -0.198. The number of amides is 2. The van der Waals surface area contributed by atoms with E-state index in [0.717, 1.165) is 43.2 Å². The number of benzene rings is 3. The van der Waals surface area contributed by atoms with Crippen LogP contribution in [-0.4, -0.2) is 49.1 Å². The van der Waals surface area contributed by atoms with E-state index in [-0.39, 0.29) is 23.8 Å². The molecule has 0 bridgehead atoms. The summed E-state index contributed by atoms with van der Waals surface area (Å²) in [6.07, 6.45) is 1.76. The molecule has 1 aliphatic carbocycles. The van der Waals surface area contributed by atoms with E-state index in [2.05, 4.69) is 39.8 Å². The third-order valence-corrected chi connectivity index (χ3v) is 6.30. The van der Waals surface area contributed by atoms with Crippen LogP contribution in [0.4, 0.5) is 5.69 Å². The molecule has 2 aliphatic rings. The van der Waals surface area contributed by atoms with Crippen LogP contribution in [0.25, 0.3) is 10.8 Å². The largest absolute Gasteiger partial charge is 0.374 e. The van der Waals surface area contributed by atoms with Crippen molar-refractivity contribution in [1.82, 2.24) is 10.2 Å². The Hall–Kier alpha value is -3.22. The molecule has 1 saturated carbocycles. The zero-order chi connectivity index (χ0) is 22.6. The summed E-state index contributed by atoms with van der Waals surface area (Å²) in [5.74, 6) is -0.138. The molecule has 2 N–H and O–H groups in total. The fourth-order valence-electron chi connectivity index (χ4n) is 4.30. The molecule has 33 heavy (non-hydrogen) atoms. The molecule has 1 atom stereocenters. The second-order valence-corrected chi connectivity index (χ2v) is 8.93. The Bertz CT molecular complexity index is 1140. The van der Waals surface area contributed by atoms with Gasteiger partial charge in [-0.15, -0.1) is 0 Å². The van der Waals surface area contributed by atoms with Crippen LogP contribution in [0.15, 0.2) is 66.7 Å². The second-order valence-electron chi connectivity index (χ2n) is 8.93. The third-order valence-electron chi connectivity index (χ3n) is 6.30. The maximum atomic E-state index is 13.2. The van der Waals surface area contributed by atoms with Gasteiger partial charge in [0.05, 0.1) is 24.0 Å². The van der Waals surface area contributed by atoms with E-state index in [9.17, 15) is 9.59 Å². The minimum absolute atomic E-state index is 0.00787. The highest BCUT2D eigenvalue weighted by Crippen LogP contribution is 2.32. The van der Waals surface area contributed by atoms with E-state index in [1.807, 2.05) is 42.5 Å². The molecule has 5 rings (SSSR count). The standard InChI is InChI=1S/C27H29N3O3/c31-26(20-10-11-20)29-25-15-22-9-5-4-8-21(22)14-24(25)27(32)28-16-23-18-30(12-13-33-23)17-19-6-2-1-3-7-19/h1-9,14-15,20,23H,10-13,16-18H2,(H,28,32)(H,29,31). The van der Waals surface area contributed by atoms with Crippen molar-refractivity contribution in [2.24, 2.45) is 5.92 Å². The van der Waals surface area contributed by atoms with Gasteiger partial charge in [0, 0.05) is 32.1 Å². The summed E-state index contributed by atoms with van der Waals surface area (Å²) in [6, 6.07) is 22.0. The highest BCUT2D eigenvalue weighted by Gasteiger charge is 2.30. The number of anilines is 1. The first kappa shape index (κ1) is 21.6. The lowest BCUT2D eigenvalue weighted by Crippen LogP contribution is -2.47. The second kappa shape index (κ2) is 9.73. The van der Waals surface area contributed by atoms with Gasteiger partial charge in [0.1, 0.15) is 0 Å². The number of carbonyl (C=O) groups excluding carboxylic acids is 2. The summed E-state index contributed by atoms with van der Waals surface area (Å²) in [5.41, 5.74) is 2.33. The Balaban J connectivity index is 1.26. The lowest BCUT2D eigenvalue weighted by molar-refractivity contribution is -0.117. The molecule has 2 amide bonds. The summed E-state index contributed by atoms with van der Waals surface area (Å²) in [7, 11) is 0. The SMILES string of the molecule is O=C(NCC1CN(Cc2ccccc2)CCO1)c1cc2ccccc2cc1NC(=O)C1CC1. The molecule has 0 radical (unpaired) electrons. The highest BCUT2D eigenvalue weighted by molar-refractivity contribution is 6.08. The van der Waals surface area contributed by atoms with Crippen molar-refractivity contribution < 1.29 is 14.3 Å². The number of hydrogen-bond donors (Lipinski definition) is 2. The Labute approximate surface area is 193 Å². The van der Waals surface area contributed by atoms with Crippen molar-refractivity contribution in [3.63, 3.8) is 0 Å². The molecule has 1 heterocycles. The molecule has 6 heteroatoms. The molecule has 1 saturated heterocycles. The van der Waals surface area contributed by atoms with Crippen LogP contribution in [0.3, 0.4) is 0 Å². The predicted octanol–water partition coefficient (Wildman–Crippen LogP) is 3.82. The fraction of sp³-hybridized carbons (Fsp3) is 0.333. The molecule has 1 unspecified atom stereocenters. The van der Waals surface area contributed by atoms with Crippen molar-refractivity contribution in [3.8, 4) is 0 Å². The summed E-state index contributed by atoms with van der Waals surface area (Å²) in [4.78, 5) is 27.9. The molecule has 3 aromatic rings. The number of carbonyl (C=O) groups is 2. The molecule has 0 spiro atoms. The average Bonchev–Trinajstić information content (AvgIpc) is 3.69. The van der Waals surface area contributed by atoms with Crippen LogP contribution in [-0.2, 0) is 16.1 Å². The monoisotopic (exact) mass is 443 g/mol. The molecule has 2 fully saturated rings. The van der Waals surface area contributed by atoms with Crippen LogP contribution in [0.2, 0.25) is 0 Å². The van der Waals surface area contributed by atoms with Gasteiger partial charge in [-0.2, -0.15) is 0 Å². The molecule has 3 aromatic carbocycles. The van der Waals surface area contributed by atoms with E-state index in [1.54, 1.807) is 0 Å². The van der Waals surface area contributed by atoms with Crippen molar-refractivity contribution in [3.05, 3.63) is 77.9 Å². The van der Waals surface area contributed by atoms with Crippen LogP contribution in [0.1, 0.15) is 28.8 Å². The maximum Gasteiger partial charge on any atom is 0.253 e. The number of fused-ring (bicyclic) bond motifs is 1. The van der Waals surface area contributed by atoms with E-state index >= 15 is 0 Å². The maximum absolute atomic E-state index is 13.2. The van der Waals surface area contributed by atoms with Gasteiger partial charge in [0.2, 0.25) is 5.91 Å². The first-order valence-electron chi connectivity index (χ1n) is 11.7. The van der Waals surface area contributed by atoms with Crippen LogP contribution < -0.4 is 10.6 Å². The van der Waals surface area contributed by atoms with Crippen molar-refractivity contribution >= 4 is 28.3 Å². The smallest absolute Gasteiger partial charge is 0.253 e. The predicted molar refractivity (Wildman–Crippen MR) is 129 cm³/mol. The van der Waals surface area contributed by atoms with Crippen molar-refractivity contribution in [1.29, 1.82) is 0 Å². The Kier molecular flexibility index (Phi) is 6.37. The number of ether oxygens (including phenoxy) is 1. The fourth-order valence-corrected chi connectivity index (χ4v) is 4.30. The zero-order valence-electron chi connectivity index (χ0n) is 18.6. The number of rotatable bonds is 7. The van der Waals surface area contributed by atoms with Crippen LogP contribution in [0.5, 0.6) is 0 Å². The topological polar surface area (TPSA) is 70.7 Å². The normalized spacial score (nSPS) is 18.7. The summed E-state index contributed by atoms with van der Waals surface area (Å²) >= 11 is 0. The summed E-state index contributed by atoms with van der Waals surface area (Å²) in [5, 5.41) is 7.97. The van der Waals surface area contributed by atoms with Gasteiger partial charge < -0.3 is 15.4 Å². The first-order chi connectivity index (χ1) is 16.2. The van der Waals surface area contributed by atoms with Gasteiger partial charge in [-0.05, 0) is 41.3 Å². The van der Waals surface area contributed by atoms with Crippen LogP contribution >= 0.6 is 0 Å². The van der Waals surface area contributed by atoms with Gasteiger partial charge in [-0.3, -0.25) is 14.5 Å². The van der Waals surface area contributed by atoms with E-state index in [1.165, 1.54) is 5.56 Å². The van der Waals surface area contributed by atoms with Gasteiger partial charge in [-0.1, -0.05) is 54.6 Å². The van der Waals surface area contributed by atoms with Crippen molar-refractivity contribution in [2.75, 3.05) is 31.6 Å². The molecule has 170 valence electrons.